The summed E-state index contributed by atoms with van der Waals surface area (Å²) in [4.78, 5) is 35.8. The van der Waals surface area contributed by atoms with Crippen molar-refractivity contribution in [3.05, 3.63) is 97.2 Å². The SMILES string of the molecule is CC/C=C\C/C=C\C/C=C\C/C=C\C/C=C\C/C=C\C/C=C\CCCCCCCCCCCCCC(=O)OC(COC(=O)CCCCCCCCCCC/C=C\CCCCCCCCCC)COP(=O)(O)OCC[N+](C)(C)C. The maximum Gasteiger partial charge on any atom is 0.472 e. The first kappa shape index (κ1) is 74.9. The third kappa shape index (κ3) is 62.1. The number of likely N-dealkylation sites (N-methyl/N-ethyl adjacent to an activating group) is 1. The van der Waals surface area contributed by atoms with E-state index in [2.05, 4.69) is 111 Å². The predicted molar refractivity (Wildman–Crippen MR) is 335 cm³/mol. The summed E-state index contributed by atoms with van der Waals surface area (Å²) in [5.74, 6) is -0.800. The molecule has 0 fully saturated rings. The molecule has 2 atom stereocenters. The third-order valence-corrected chi connectivity index (χ3v) is 14.6. The summed E-state index contributed by atoms with van der Waals surface area (Å²) in [5, 5.41) is 0. The molecule has 0 spiro atoms. The van der Waals surface area contributed by atoms with Crippen LogP contribution in [-0.4, -0.2) is 74.9 Å². The summed E-state index contributed by atoms with van der Waals surface area (Å²) in [7, 11) is 1.47. The molecule has 0 aliphatic heterocycles. The molecule has 9 nitrogen and oxygen atoms in total. The van der Waals surface area contributed by atoms with Crippen molar-refractivity contribution in [2.24, 2.45) is 0 Å². The number of nitrogens with zero attached hydrogens (tertiary/aromatic N) is 1. The van der Waals surface area contributed by atoms with Crippen LogP contribution in [0, 0.1) is 0 Å². The minimum atomic E-state index is -4.39. The van der Waals surface area contributed by atoms with Crippen molar-refractivity contribution in [3.63, 3.8) is 0 Å². The van der Waals surface area contributed by atoms with Gasteiger partial charge in [-0.25, -0.2) is 4.57 Å². The molecule has 2 unspecified atom stereocenters. The van der Waals surface area contributed by atoms with Gasteiger partial charge in [-0.15, -0.1) is 0 Å². The van der Waals surface area contributed by atoms with E-state index in [4.69, 9.17) is 18.5 Å². The predicted octanol–water partition coefficient (Wildman–Crippen LogP) is 20.4. The number of carbonyl (C=O) groups excluding carboxylic acids is 2. The maximum absolute atomic E-state index is 12.8. The second kappa shape index (κ2) is 58.6. The minimum Gasteiger partial charge on any atom is -0.462 e. The highest BCUT2D eigenvalue weighted by molar-refractivity contribution is 7.47. The molecule has 78 heavy (non-hydrogen) atoms. The van der Waals surface area contributed by atoms with Gasteiger partial charge >= 0.3 is 19.8 Å². The summed E-state index contributed by atoms with van der Waals surface area (Å²) in [6, 6.07) is 0. The zero-order valence-corrected chi connectivity index (χ0v) is 52.0. The van der Waals surface area contributed by atoms with E-state index in [-0.39, 0.29) is 32.0 Å². The van der Waals surface area contributed by atoms with Crippen LogP contribution < -0.4 is 0 Å². The van der Waals surface area contributed by atoms with Crippen molar-refractivity contribution >= 4 is 19.8 Å². The zero-order valence-electron chi connectivity index (χ0n) is 51.1. The Hall–Kier alpha value is -3.07. The van der Waals surface area contributed by atoms with Crippen LogP contribution in [0.5, 0.6) is 0 Å². The summed E-state index contributed by atoms with van der Waals surface area (Å²) in [6.07, 6.45) is 80.5. The lowest BCUT2D eigenvalue weighted by Gasteiger charge is -2.24. The van der Waals surface area contributed by atoms with E-state index in [0.717, 1.165) is 89.9 Å². The van der Waals surface area contributed by atoms with Crippen LogP contribution in [0.4, 0.5) is 0 Å². The Kier molecular flexibility index (Phi) is 56.3. The molecule has 0 aromatic heterocycles. The van der Waals surface area contributed by atoms with Crippen molar-refractivity contribution < 1.29 is 42.1 Å². The molecule has 0 bridgehead atoms. The first-order valence-electron chi connectivity index (χ1n) is 32.0. The molecule has 0 rings (SSSR count). The van der Waals surface area contributed by atoms with Crippen LogP contribution in [0.3, 0.4) is 0 Å². The molecule has 0 aromatic carbocycles. The summed E-state index contributed by atoms with van der Waals surface area (Å²) >= 11 is 0. The number of phosphoric acid groups is 1. The maximum atomic E-state index is 12.8. The highest BCUT2D eigenvalue weighted by Crippen LogP contribution is 2.43. The van der Waals surface area contributed by atoms with Gasteiger partial charge in [0.1, 0.15) is 19.8 Å². The van der Waals surface area contributed by atoms with E-state index in [9.17, 15) is 19.0 Å². The lowest BCUT2D eigenvalue weighted by molar-refractivity contribution is -0.870. The largest absolute Gasteiger partial charge is 0.472 e. The normalized spacial score (nSPS) is 13.9. The Balaban J connectivity index is 4.12. The van der Waals surface area contributed by atoms with Gasteiger partial charge in [-0.3, -0.25) is 18.6 Å². The van der Waals surface area contributed by atoms with Gasteiger partial charge in [0, 0.05) is 12.8 Å². The number of phosphoric ester groups is 1. The first-order chi connectivity index (χ1) is 38.0. The first-order valence-corrected chi connectivity index (χ1v) is 33.5. The Morgan fingerprint density at radius 1 is 0.410 bits per heavy atom. The Morgan fingerprint density at radius 2 is 0.731 bits per heavy atom. The molecule has 0 aliphatic carbocycles. The molecule has 1 N–H and O–H groups in total. The number of rotatable bonds is 58. The summed E-state index contributed by atoms with van der Waals surface area (Å²) in [5.41, 5.74) is 0. The van der Waals surface area contributed by atoms with Crippen LogP contribution in [0.15, 0.2) is 97.2 Å². The van der Waals surface area contributed by atoms with Crippen LogP contribution in [-0.2, 0) is 32.7 Å². The number of esters is 2. The monoisotopic (exact) mass is 1110 g/mol. The summed E-state index contributed by atoms with van der Waals surface area (Å²) < 4.78 is 34.6. The number of ether oxygens (including phenoxy) is 2. The van der Waals surface area contributed by atoms with Crippen molar-refractivity contribution in [2.75, 3.05) is 47.5 Å². The van der Waals surface area contributed by atoms with Gasteiger partial charge in [0.15, 0.2) is 6.10 Å². The van der Waals surface area contributed by atoms with E-state index < -0.39 is 26.5 Å². The molecular weight excluding hydrogens is 990 g/mol. The molecule has 0 aliphatic rings. The van der Waals surface area contributed by atoms with Crippen LogP contribution in [0.1, 0.15) is 271 Å². The van der Waals surface area contributed by atoms with Gasteiger partial charge in [0.25, 0.3) is 0 Å². The van der Waals surface area contributed by atoms with Crippen molar-refractivity contribution in [1.82, 2.24) is 0 Å². The molecule has 10 heteroatoms. The lowest BCUT2D eigenvalue weighted by atomic mass is 10.0. The fraction of sp³-hybridized carbons (Fsp3) is 0.735. The minimum absolute atomic E-state index is 0.0276. The molecular formula is C68H121NO8P+. The molecule has 450 valence electrons. The van der Waals surface area contributed by atoms with Crippen molar-refractivity contribution in [1.29, 1.82) is 0 Å². The highest BCUT2D eigenvalue weighted by Gasteiger charge is 2.27. The Labute approximate surface area is 481 Å². The third-order valence-electron chi connectivity index (χ3n) is 13.6. The molecule has 0 amide bonds. The number of carbonyl (C=O) groups is 2. The van der Waals surface area contributed by atoms with E-state index in [1.807, 2.05) is 21.1 Å². The topological polar surface area (TPSA) is 108 Å². The van der Waals surface area contributed by atoms with Crippen molar-refractivity contribution in [3.8, 4) is 0 Å². The van der Waals surface area contributed by atoms with Crippen LogP contribution >= 0.6 is 7.82 Å². The molecule has 0 saturated heterocycles. The molecule has 0 saturated carbocycles. The molecule has 0 aromatic rings. The quantitative estimate of drug-likeness (QED) is 0.0211. The number of quaternary nitrogens is 1. The van der Waals surface area contributed by atoms with E-state index in [1.165, 1.54) is 148 Å². The van der Waals surface area contributed by atoms with Gasteiger partial charge in [-0.2, -0.15) is 0 Å². The smallest absolute Gasteiger partial charge is 0.462 e. The zero-order chi connectivity index (χ0) is 57.0. The lowest BCUT2D eigenvalue weighted by Crippen LogP contribution is -2.37. The average Bonchev–Trinajstić information content (AvgIpc) is 3.41. The van der Waals surface area contributed by atoms with Gasteiger partial charge in [-0.05, 0) is 96.3 Å². The van der Waals surface area contributed by atoms with Gasteiger partial charge in [0.2, 0.25) is 0 Å². The molecule has 0 heterocycles. The Morgan fingerprint density at radius 3 is 1.10 bits per heavy atom. The second-order valence-corrected chi connectivity index (χ2v) is 23.9. The Bertz CT molecular complexity index is 1640. The highest BCUT2D eigenvalue weighted by atomic mass is 31.2. The number of hydrogen-bond donors (Lipinski definition) is 1. The fourth-order valence-corrected chi connectivity index (χ4v) is 9.44. The summed E-state index contributed by atoms with van der Waals surface area (Å²) in [6.45, 7) is 4.33. The van der Waals surface area contributed by atoms with E-state index in [0.29, 0.717) is 17.4 Å². The fourth-order valence-electron chi connectivity index (χ4n) is 8.70. The molecule has 0 radical (unpaired) electrons. The standard InChI is InChI=1S/C68H120NO8P/c1-6-8-10-12-14-16-18-20-22-24-26-28-29-30-31-32-33-34-35-36-37-38-39-41-43-45-47-49-51-53-55-57-59-61-68(71)77-66(65-76-78(72,73)75-63-62-69(3,4)5)64-74-67(70)60-58-56-54-52-50-48-46-44-42-40-27-25-23-21-19-17-15-13-11-9-7-2/h8,10,14,16,20,22,25-28,30-31,33-34,36-37,66H,6-7,9,11-13,15,17-19,21,23-24,29,32,35,38-65H2,1-5H3/p+1/b10-8-,16-14-,22-20-,27-25-,28-26-,31-30-,34-33-,37-36-. The average molecular weight is 1110 g/mol. The van der Waals surface area contributed by atoms with Gasteiger partial charge < -0.3 is 18.9 Å². The second-order valence-electron chi connectivity index (χ2n) is 22.4. The number of allylic oxidation sites excluding steroid dienone is 16. The van der Waals surface area contributed by atoms with E-state index >= 15 is 0 Å². The van der Waals surface area contributed by atoms with Crippen LogP contribution in [0.25, 0.3) is 0 Å². The van der Waals surface area contributed by atoms with Gasteiger partial charge in [0.05, 0.1) is 27.7 Å². The van der Waals surface area contributed by atoms with Gasteiger partial charge in [-0.1, -0.05) is 259 Å². The van der Waals surface area contributed by atoms with Crippen LogP contribution in [0.2, 0.25) is 0 Å². The number of unbranched alkanes of at least 4 members (excludes halogenated alkanes) is 28. The van der Waals surface area contributed by atoms with Crippen molar-refractivity contribution in [2.45, 2.75) is 277 Å². The van der Waals surface area contributed by atoms with E-state index in [1.54, 1.807) is 0 Å². The number of hydrogen-bond acceptors (Lipinski definition) is 7.